The number of likely N-dealkylation sites (tertiary alicyclic amines) is 1. The van der Waals surface area contributed by atoms with Crippen LogP contribution in [0, 0.1) is 5.92 Å². The molecule has 0 aliphatic carbocycles. The molecule has 2 atom stereocenters. The number of piperidine rings is 1. The summed E-state index contributed by atoms with van der Waals surface area (Å²) in [7, 11) is 3.93. The molecule has 1 fully saturated rings. The topological polar surface area (TPSA) is 70.7 Å². The first-order chi connectivity index (χ1) is 16.4. The lowest BCUT2D eigenvalue weighted by atomic mass is 9.83. The molecular weight excluding hydrogens is 428 g/mol. The molecule has 1 N–H and O–H groups in total. The molecular formula is C27H32N4O3. The van der Waals surface area contributed by atoms with E-state index >= 15 is 0 Å². The SMILES string of the molecule is CN(Cc1ccccc1)Cc1c(O)c(=O)cc(CN2C[C@@H]3C[C@H](C2)c2cccc(=O)n2C3)n1C. The summed E-state index contributed by atoms with van der Waals surface area (Å²) in [5, 5.41) is 10.6. The molecule has 0 saturated carbocycles. The third kappa shape index (κ3) is 4.45. The quantitative estimate of drug-likeness (QED) is 0.612. The summed E-state index contributed by atoms with van der Waals surface area (Å²) in [5.41, 5.74) is 3.60. The highest BCUT2D eigenvalue weighted by Gasteiger charge is 2.34. The molecule has 5 rings (SSSR count). The Hall–Kier alpha value is -3.16. The maximum atomic E-state index is 12.7. The number of rotatable bonds is 6. The van der Waals surface area contributed by atoms with E-state index in [2.05, 4.69) is 28.0 Å². The Kier molecular flexibility index (Phi) is 6.15. The summed E-state index contributed by atoms with van der Waals surface area (Å²) >= 11 is 0. The lowest BCUT2D eigenvalue weighted by Gasteiger charge is -2.43. The third-order valence-corrected chi connectivity index (χ3v) is 7.30. The highest BCUT2D eigenvalue weighted by Crippen LogP contribution is 2.35. The zero-order chi connectivity index (χ0) is 23.8. The Morgan fingerprint density at radius 2 is 1.79 bits per heavy atom. The fourth-order valence-electron chi connectivity index (χ4n) is 5.68. The first-order valence-corrected chi connectivity index (χ1v) is 11.9. The first-order valence-electron chi connectivity index (χ1n) is 11.9. The molecule has 2 bridgehead atoms. The molecule has 2 aliphatic heterocycles. The van der Waals surface area contributed by atoms with Crippen molar-refractivity contribution in [3.63, 3.8) is 0 Å². The van der Waals surface area contributed by atoms with Gasteiger partial charge in [0.25, 0.3) is 5.56 Å². The van der Waals surface area contributed by atoms with Gasteiger partial charge in [-0.05, 0) is 31.0 Å². The van der Waals surface area contributed by atoms with Crippen LogP contribution in [0.25, 0.3) is 0 Å². The predicted molar refractivity (Wildman–Crippen MR) is 132 cm³/mol. The van der Waals surface area contributed by atoms with E-state index in [9.17, 15) is 14.7 Å². The van der Waals surface area contributed by atoms with Gasteiger partial charge >= 0.3 is 0 Å². The third-order valence-electron chi connectivity index (χ3n) is 7.30. The minimum absolute atomic E-state index is 0.0887. The molecule has 0 radical (unpaired) electrons. The van der Waals surface area contributed by atoms with Gasteiger partial charge in [-0.3, -0.25) is 19.4 Å². The maximum Gasteiger partial charge on any atom is 0.250 e. The van der Waals surface area contributed by atoms with Crippen LogP contribution in [0.2, 0.25) is 0 Å². The van der Waals surface area contributed by atoms with Crippen LogP contribution in [-0.4, -0.2) is 44.2 Å². The molecule has 2 aromatic heterocycles. The average Bonchev–Trinajstić information content (AvgIpc) is 2.81. The van der Waals surface area contributed by atoms with Crippen molar-refractivity contribution < 1.29 is 5.11 Å². The van der Waals surface area contributed by atoms with Gasteiger partial charge in [0.1, 0.15) is 0 Å². The van der Waals surface area contributed by atoms with Crippen molar-refractivity contribution in [2.45, 2.75) is 38.5 Å². The fraction of sp³-hybridized carbons (Fsp3) is 0.407. The maximum absolute atomic E-state index is 12.7. The molecule has 4 heterocycles. The van der Waals surface area contributed by atoms with E-state index in [1.165, 1.54) is 5.56 Å². The van der Waals surface area contributed by atoms with Crippen LogP contribution in [0.1, 0.15) is 35.0 Å². The minimum atomic E-state index is -0.328. The summed E-state index contributed by atoms with van der Waals surface area (Å²) in [4.78, 5) is 29.5. The molecule has 1 aromatic carbocycles. The Bertz CT molecular complexity index is 1300. The molecule has 34 heavy (non-hydrogen) atoms. The number of benzene rings is 1. The summed E-state index contributed by atoms with van der Waals surface area (Å²) in [5.74, 6) is 0.582. The van der Waals surface area contributed by atoms with E-state index in [1.54, 1.807) is 12.1 Å². The second-order valence-electron chi connectivity index (χ2n) is 9.90. The van der Waals surface area contributed by atoms with Gasteiger partial charge in [0, 0.05) is 75.8 Å². The van der Waals surface area contributed by atoms with E-state index in [4.69, 9.17) is 0 Å². The molecule has 7 heteroatoms. The number of fused-ring (bicyclic) bond motifs is 4. The van der Waals surface area contributed by atoms with Crippen molar-refractivity contribution in [3.05, 3.63) is 97.8 Å². The standard InChI is InChI=1S/C27H32N4O3/c1-28(13-19-7-4-3-5-8-19)18-24-27(34)25(32)12-22(29(24)2)17-30-14-20-11-21(16-30)23-9-6-10-26(33)31(23)15-20/h3-10,12,20-21,34H,11,13-18H2,1-2H3/t20-,21+/m0/s1. The van der Waals surface area contributed by atoms with Gasteiger partial charge in [0.05, 0.1) is 5.69 Å². The highest BCUT2D eigenvalue weighted by molar-refractivity contribution is 5.30. The number of hydrogen-bond donors (Lipinski definition) is 1. The fourth-order valence-corrected chi connectivity index (χ4v) is 5.68. The van der Waals surface area contributed by atoms with Crippen molar-refractivity contribution in [3.8, 4) is 5.75 Å². The van der Waals surface area contributed by atoms with E-state index in [0.717, 1.165) is 44.0 Å². The zero-order valence-corrected chi connectivity index (χ0v) is 19.9. The van der Waals surface area contributed by atoms with Gasteiger partial charge < -0.3 is 14.2 Å². The molecule has 178 valence electrons. The van der Waals surface area contributed by atoms with Crippen molar-refractivity contribution >= 4 is 0 Å². The van der Waals surface area contributed by atoms with Crippen molar-refractivity contribution in [2.75, 3.05) is 20.1 Å². The van der Waals surface area contributed by atoms with Crippen LogP contribution in [-0.2, 0) is 33.2 Å². The zero-order valence-electron chi connectivity index (χ0n) is 19.9. The minimum Gasteiger partial charge on any atom is -0.503 e. The van der Waals surface area contributed by atoms with Crippen molar-refractivity contribution in [1.29, 1.82) is 0 Å². The molecule has 0 unspecified atom stereocenters. The van der Waals surface area contributed by atoms with Gasteiger partial charge in [0.15, 0.2) is 5.75 Å². The van der Waals surface area contributed by atoms with Crippen LogP contribution in [0.15, 0.2) is 64.2 Å². The largest absolute Gasteiger partial charge is 0.503 e. The van der Waals surface area contributed by atoms with Crippen molar-refractivity contribution in [1.82, 2.24) is 18.9 Å². The summed E-state index contributed by atoms with van der Waals surface area (Å²) < 4.78 is 3.91. The number of hydrogen-bond acceptors (Lipinski definition) is 5. The van der Waals surface area contributed by atoms with Crippen LogP contribution in [0.3, 0.4) is 0 Å². The number of aromatic nitrogens is 2. The van der Waals surface area contributed by atoms with Gasteiger partial charge in [-0.25, -0.2) is 0 Å². The second kappa shape index (κ2) is 9.24. The second-order valence-corrected chi connectivity index (χ2v) is 9.90. The summed E-state index contributed by atoms with van der Waals surface area (Å²) in [6.07, 6.45) is 1.10. The Labute approximate surface area is 199 Å². The molecule has 1 saturated heterocycles. The van der Waals surface area contributed by atoms with Gasteiger partial charge in [0.2, 0.25) is 5.43 Å². The molecule has 7 nitrogen and oxygen atoms in total. The Balaban J connectivity index is 1.35. The van der Waals surface area contributed by atoms with Gasteiger partial charge in [-0.1, -0.05) is 36.4 Å². The van der Waals surface area contributed by atoms with E-state index < -0.39 is 0 Å². The van der Waals surface area contributed by atoms with Gasteiger partial charge in [-0.2, -0.15) is 0 Å². The number of aromatic hydroxyl groups is 1. The lowest BCUT2D eigenvalue weighted by Crippen LogP contribution is -2.47. The predicted octanol–water partition coefficient (Wildman–Crippen LogP) is 2.50. The first kappa shape index (κ1) is 22.6. The van der Waals surface area contributed by atoms with Crippen LogP contribution >= 0.6 is 0 Å². The van der Waals surface area contributed by atoms with Crippen LogP contribution < -0.4 is 11.0 Å². The van der Waals surface area contributed by atoms with Gasteiger partial charge in [-0.15, -0.1) is 0 Å². The van der Waals surface area contributed by atoms with E-state index in [1.807, 2.05) is 47.5 Å². The summed E-state index contributed by atoms with van der Waals surface area (Å²) in [6.45, 7) is 4.36. The van der Waals surface area contributed by atoms with E-state index in [0.29, 0.717) is 30.6 Å². The lowest BCUT2D eigenvalue weighted by molar-refractivity contribution is 0.112. The number of nitrogens with zero attached hydrogens (tertiary/aromatic N) is 4. The monoisotopic (exact) mass is 460 g/mol. The average molecular weight is 461 g/mol. The molecule has 0 amide bonds. The molecule has 3 aromatic rings. The Morgan fingerprint density at radius 3 is 2.59 bits per heavy atom. The Morgan fingerprint density at radius 1 is 1.00 bits per heavy atom. The summed E-state index contributed by atoms with van der Waals surface area (Å²) in [6, 6.07) is 17.3. The molecule has 0 spiro atoms. The van der Waals surface area contributed by atoms with Crippen LogP contribution in [0.4, 0.5) is 0 Å². The number of pyridine rings is 2. The van der Waals surface area contributed by atoms with Crippen LogP contribution in [0.5, 0.6) is 5.75 Å². The highest BCUT2D eigenvalue weighted by atomic mass is 16.3. The van der Waals surface area contributed by atoms with E-state index in [-0.39, 0.29) is 16.7 Å². The molecule has 2 aliphatic rings. The normalized spacial score (nSPS) is 19.9. The van der Waals surface area contributed by atoms with Crippen molar-refractivity contribution in [2.24, 2.45) is 13.0 Å². The smallest absolute Gasteiger partial charge is 0.250 e.